The Morgan fingerprint density at radius 3 is 2.71 bits per heavy atom. The molecule has 0 saturated heterocycles. The third-order valence-corrected chi connectivity index (χ3v) is 2.96. The summed E-state index contributed by atoms with van der Waals surface area (Å²) in [5, 5.41) is 0. The standard InChI is InChI=1S/C11H15F2N3O/c12-8-5-9(13)11(15-10(8)16-14)17-6-7-3-1-2-4-7/h5,7H,1-4,6,14H2,(H,15,16). The highest BCUT2D eigenvalue weighted by atomic mass is 19.1. The van der Waals surface area contributed by atoms with Gasteiger partial charge in [-0.15, -0.1) is 0 Å². The minimum absolute atomic E-state index is 0.203. The Hall–Kier alpha value is -1.43. The lowest BCUT2D eigenvalue weighted by molar-refractivity contribution is 0.232. The number of halogens is 2. The summed E-state index contributed by atoms with van der Waals surface area (Å²) in [5.41, 5.74) is 2.06. The monoisotopic (exact) mass is 243 g/mol. The van der Waals surface area contributed by atoms with Crippen molar-refractivity contribution < 1.29 is 13.5 Å². The van der Waals surface area contributed by atoms with Crippen molar-refractivity contribution in [3.05, 3.63) is 17.7 Å². The summed E-state index contributed by atoms with van der Waals surface area (Å²) >= 11 is 0. The van der Waals surface area contributed by atoms with Crippen LogP contribution in [0.3, 0.4) is 0 Å². The maximum absolute atomic E-state index is 13.3. The predicted molar refractivity (Wildman–Crippen MR) is 59.4 cm³/mol. The van der Waals surface area contributed by atoms with Crippen molar-refractivity contribution in [3.8, 4) is 5.88 Å². The van der Waals surface area contributed by atoms with Crippen molar-refractivity contribution in [2.75, 3.05) is 12.0 Å². The van der Waals surface area contributed by atoms with E-state index in [9.17, 15) is 8.78 Å². The van der Waals surface area contributed by atoms with Crippen molar-refractivity contribution >= 4 is 5.82 Å². The minimum atomic E-state index is -0.835. The fourth-order valence-corrected chi connectivity index (χ4v) is 2.03. The highest BCUT2D eigenvalue weighted by Crippen LogP contribution is 2.26. The molecule has 1 aliphatic rings. The zero-order valence-electron chi connectivity index (χ0n) is 9.38. The second-order valence-corrected chi connectivity index (χ2v) is 4.21. The Balaban J connectivity index is 2.03. The van der Waals surface area contributed by atoms with E-state index in [2.05, 4.69) is 10.4 Å². The number of ether oxygens (including phenoxy) is 1. The van der Waals surface area contributed by atoms with Gasteiger partial charge in [0.25, 0.3) is 5.88 Å². The third kappa shape index (κ3) is 2.82. The van der Waals surface area contributed by atoms with Crippen LogP contribution in [0.5, 0.6) is 5.88 Å². The molecule has 1 aliphatic carbocycles. The molecule has 0 amide bonds. The van der Waals surface area contributed by atoms with Crippen molar-refractivity contribution in [2.24, 2.45) is 11.8 Å². The summed E-state index contributed by atoms with van der Waals surface area (Å²) in [6.45, 7) is 0.416. The predicted octanol–water partition coefficient (Wildman–Crippen LogP) is 2.21. The highest BCUT2D eigenvalue weighted by Gasteiger charge is 2.18. The van der Waals surface area contributed by atoms with Crippen LogP contribution in [0.2, 0.25) is 0 Å². The number of rotatable bonds is 4. The van der Waals surface area contributed by atoms with Crippen molar-refractivity contribution in [1.82, 2.24) is 4.98 Å². The molecular weight excluding hydrogens is 228 g/mol. The van der Waals surface area contributed by atoms with Crippen LogP contribution in [0.25, 0.3) is 0 Å². The summed E-state index contributed by atoms with van der Waals surface area (Å²) < 4.78 is 31.7. The highest BCUT2D eigenvalue weighted by molar-refractivity contribution is 5.38. The van der Waals surface area contributed by atoms with Gasteiger partial charge in [0, 0.05) is 6.07 Å². The van der Waals surface area contributed by atoms with Gasteiger partial charge in [0.1, 0.15) is 0 Å². The van der Waals surface area contributed by atoms with Crippen LogP contribution in [0.1, 0.15) is 25.7 Å². The van der Waals surface area contributed by atoms with Gasteiger partial charge < -0.3 is 10.2 Å². The van der Waals surface area contributed by atoms with Gasteiger partial charge in [0.15, 0.2) is 17.5 Å². The summed E-state index contributed by atoms with van der Waals surface area (Å²) in [4.78, 5) is 3.64. The first-order chi connectivity index (χ1) is 8.20. The maximum Gasteiger partial charge on any atom is 0.252 e. The van der Waals surface area contributed by atoms with Gasteiger partial charge in [-0.2, -0.15) is 4.98 Å². The summed E-state index contributed by atoms with van der Waals surface area (Å²) in [6.07, 6.45) is 4.54. The van der Waals surface area contributed by atoms with E-state index >= 15 is 0 Å². The van der Waals surface area contributed by atoms with Crippen molar-refractivity contribution in [2.45, 2.75) is 25.7 Å². The molecule has 1 heterocycles. The van der Waals surface area contributed by atoms with Gasteiger partial charge in [-0.3, -0.25) is 0 Å². The summed E-state index contributed by atoms with van der Waals surface area (Å²) in [7, 11) is 0. The molecule has 0 aliphatic heterocycles. The molecule has 3 N–H and O–H groups in total. The molecule has 1 fully saturated rings. The number of aromatic nitrogens is 1. The van der Waals surface area contributed by atoms with Gasteiger partial charge in [-0.05, 0) is 18.8 Å². The van der Waals surface area contributed by atoms with E-state index in [-0.39, 0.29) is 11.7 Å². The fraction of sp³-hybridized carbons (Fsp3) is 0.545. The van der Waals surface area contributed by atoms with Crippen LogP contribution in [0, 0.1) is 17.6 Å². The van der Waals surface area contributed by atoms with E-state index in [4.69, 9.17) is 10.6 Å². The summed E-state index contributed by atoms with van der Waals surface area (Å²) in [5.74, 6) is 3.44. The number of nitrogens with two attached hydrogens (primary N) is 1. The number of nitrogens with zero attached hydrogens (tertiary/aromatic N) is 1. The van der Waals surface area contributed by atoms with Crippen LogP contribution >= 0.6 is 0 Å². The number of hydrogen-bond donors (Lipinski definition) is 2. The molecule has 0 radical (unpaired) electrons. The van der Waals surface area contributed by atoms with E-state index < -0.39 is 11.6 Å². The molecule has 0 atom stereocenters. The smallest absolute Gasteiger partial charge is 0.252 e. The Bertz CT molecular complexity index is 395. The van der Waals surface area contributed by atoms with Gasteiger partial charge >= 0.3 is 0 Å². The average molecular weight is 243 g/mol. The molecular formula is C11H15F2N3O. The lowest BCUT2D eigenvalue weighted by Crippen LogP contribution is -2.14. The second kappa shape index (κ2) is 5.27. The Morgan fingerprint density at radius 1 is 1.35 bits per heavy atom. The van der Waals surface area contributed by atoms with Crippen LogP contribution in [-0.4, -0.2) is 11.6 Å². The minimum Gasteiger partial charge on any atom is -0.475 e. The van der Waals surface area contributed by atoms with Crippen LogP contribution in [-0.2, 0) is 0 Å². The SMILES string of the molecule is NNc1nc(OCC2CCCC2)c(F)cc1F. The second-order valence-electron chi connectivity index (χ2n) is 4.21. The first-order valence-corrected chi connectivity index (χ1v) is 5.66. The molecule has 2 rings (SSSR count). The summed E-state index contributed by atoms with van der Waals surface area (Å²) in [6, 6.07) is 0.714. The molecule has 0 aromatic carbocycles. The normalized spacial score (nSPS) is 16.2. The van der Waals surface area contributed by atoms with E-state index in [1.54, 1.807) is 0 Å². The number of pyridine rings is 1. The maximum atomic E-state index is 13.3. The van der Waals surface area contributed by atoms with E-state index in [1.807, 2.05) is 0 Å². The fourth-order valence-electron chi connectivity index (χ4n) is 2.03. The molecule has 94 valence electrons. The number of hydrazine groups is 1. The first-order valence-electron chi connectivity index (χ1n) is 5.66. The zero-order chi connectivity index (χ0) is 12.3. The third-order valence-electron chi connectivity index (χ3n) is 2.96. The topological polar surface area (TPSA) is 60.2 Å². The van der Waals surface area contributed by atoms with Crippen molar-refractivity contribution in [3.63, 3.8) is 0 Å². The van der Waals surface area contributed by atoms with Crippen LogP contribution < -0.4 is 16.0 Å². The molecule has 1 aromatic heterocycles. The Kier molecular flexibility index (Phi) is 3.73. The zero-order valence-corrected chi connectivity index (χ0v) is 9.38. The van der Waals surface area contributed by atoms with Gasteiger partial charge in [0.05, 0.1) is 6.61 Å². The number of nitrogens with one attached hydrogen (secondary N) is 1. The Labute approximate surface area is 98.1 Å². The van der Waals surface area contributed by atoms with Crippen molar-refractivity contribution in [1.29, 1.82) is 0 Å². The van der Waals surface area contributed by atoms with E-state index in [0.29, 0.717) is 18.6 Å². The van der Waals surface area contributed by atoms with Crippen LogP contribution in [0.15, 0.2) is 6.07 Å². The molecule has 6 heteroatoms. The Morgan fingerprint density at radius 2 is 2.06 bits per heavy atom. The molecule has 4 nitrogen and oxygen atoms in total. The quantitative estimate of drug-likeness (QED) is 0.628. The lowest BCUT2D eigenvalue weighted by Gasteiger charge is -2.12. The molecule has 1 saturated carbocycles. The lowest BCUT2D eigenvalue weighted by atomic mass is 10.1. The number of hydrogen-bond acceptors (Lipinski definition) is 4. The largest absolute Gasteiger partial charge is 0.475 e. The van der Waals surface area contributed by atoms with Gasteiger partial charge in [-0.25, -0.2) is 14.6 Å². The molecule has 0 unspecified atom stereocenters. The average Bonchev–Trinajstić information content (AvgIpc) is 2.81. The number of nitrogen functional groups attached to an aromatic ring is 1. The first kappa shape index (κ1) is 12.0. The molecule has 17 heavy (non-hydrogen) atoms. The van der Waals surface area contributed by atoms with E-state index in [1.165, 1.54) is 12.8 Å². The number of anilines is 1. The molecule has 1 aromatic rings. The molecule has 0 spiro atoms. The van der Waals surface area contributed by atoms with E-state index in [0.717, 1.165) is 12.8 Å². The molecule has 0 bridgehead atoms. The van der Waals surface area contributed by atoms with Gasteiger partial charge in [0.2, 0.25) is 0 Å². The van der Waals surface area contributed by atoms with Crippen LogP contribution in [0.4, 0.5) is 14.6 Å². The van der Waals surface area contributed by atoms with Gasteiger partial charge in [-0.1, -0.05) is 12.8 Å².